The maximum Gasteiger partial charge on any atom is 0.262 e. The molecule has 13 heteroatoms. The van der Waals surface area contributed by atoms with Gasteiger partial charge in [0.05, 0.1) is 28.4 Å². The van der Waals surface area contributed by atoms with Gasteiger partial charge in [0.25, 0.3) is 17.7 Å². The van der Waals surface area contributed by atoms with Crippen LogP contribution in [-0.2, 0) is 22.7 Å². The number of hydrogen-bond donors (Lipinski definition) is 2. The smallest absolute Gasteiger partial charge is 0.262 e. The summed E-state index contributed by atoms with van der Waals surface area (Å²) in [6, 6.07) is 19.5. The molecule has 4 heterocycles. The summed E-state index contributed by atoms with van der Waals surface area (Å²) < 4.78 is 6.08. The summed E-state index contributed by atoms with van der Waals surface area (Å²) in [6.07, 6.45) is 5.43. The van der Waals surface area contributed by atoms with Gasteiger partial charge in [-0.25, -0.2) is 0 Å². The molecule has 2 N–H and O–H groups in total. The number of nitrogens with zero attached hydrogens (tertiary/aromatic N) is 5. The van der Waals surface area contributed by atoms with Crippen molar-refractivity contribution in [2.24, 2.45) is 5.92 Å². The van der Waals surface area contributed by atoms with E-state index in [1.165, 1.54) is 0 Å². The van der Waals surface area contributed by atoms with Gasteiger partial charge in [-0.2, -0.15) is 10.5 Å². The molecule has 3 fully saturated rings. The normalized spacial score (nSPS) is 22.8. The van der Waals surface area contributed by atoms with Crippen molar-refractivity contribution < 1.29 is 28.7 Å². The number of piperidine rings is 2. The van der Waals surface area contributed by atoms with Crippen LogP contribution in [0.1, 0.15) is 105 Å². The minimum atomic E-state index is -0.965. The molecule has 0 spiro atoms. The zero-order chi connectivity index (χ0) is 38.2. The molecular formula is C42H41N7O6. The second-order valence-corrected chi connectivity index (χ2v) is 15.3. The Morgan fingerprint density at radius 2 is 1.45 bits per heavy atom. The Morgan fingerprint density at radius 1 is 0.800 bits per heavy atom. The number of hydrogen-bond acceptors (Lipinski definition) is 10. The summed E-state index contributed by atoms with van der Waals surface area (Å²) >= 11 is 0. The van der Waals surface area contributed by atoms with Crippen molar-refractivity contribution in [3.8, 4) is 17.9 Å². The summed E-state index contributed by atoms with van der Waals surface area (Å²) in [5, 5.41) is 23.9. The van der Waals surface area contributed by atoms with Gasteiger partial charge in [0.2, 0.25) is 11.8 Å². The molecule has 1 atom stereocenters. The number of imide groups is 2. The maximum absolute atomic E-state index is 13.3. The van der Waals surface area contributed by atoms with E-state index in [-0.39, 0.29) is 30.9 Å². The van der Waals surface area contributed by atoms with Gasteiger partial charge in [0, 0.05) is 56.4 Å². The second-order valence-electron chi connectivity index (χ2n) is 15.3. The Morgan fingerprint density at radius 3 is 2.07 bits per heavy atom. The lowest BCUT2D eigenvalue weighted by Gasteiger charge is -2.35. The molecule has 5 amide bonds. The molecule has 1 saturated carbocycles. The molecule has 1 aliphatic carbocycles. The summed E-state index contributed by atoms with van der Waals surface area (Å²) in [5.41, 5.74) is 5.09. The van der Waals surface area contributed by atoms with Crippen LogP contribution < -0.4 is 20.3 Å². The third-order valence-electron chi connectivity index (χ3n) is 11.7. The Labute approximate surface area is 318 Å². The minimum Gasteiger partial charge on any atom is -0.490 e. The second kappa shape index (κ2) is 15.0. The van der Waals surface area contributed by atoms with Crippen molar-refractivity contribution in [1.29, 1.82) is 10.5 Å². The van der Waals surface area contributed by atoms with Crippen molar-refractivity contribution >= 4 is 35.2 Å². The Hall–Kier alpha value is -6.05. The summed E-state index contributed by atoms with van der Waals surface area (Å²) in [7, 11) is 0. The van der Waals surface area contributed by atoms with Gasteiger partial charge < -0.3 is 15.0 Å². The molecular weight excluding hydrogens is 699 g/mol. The Balaban J connectivity index is 0.779. The molecule has 4 aliphatic heterocycles. The molecule has 0 radical (unpaired) electrons. The van der Waals surface area contributed by atoms with Crippen LogP contribution in [0.4, 0.5) is 5.69 Å². The molecule has 280 valence electrons. The van der Waals surface area contributed by atoms with Crippen molar-refractivity contribution in [3.63, 3.8) is 0 Å². The van der Waals surface area contributed by atoms with E-state index in [1.807, 2.05) is 48.5 Å². The third kappa shape index (κ3) is 7.28. The lowest BCUT2D eigenvalue weighted by Crippen LogP contribution is -2.54. The monoisotopic (exact) mass is 739 g/mol. The number of fused-ring (bicyclic) bond motifs is 2. The number of ether oxygens (including phenoxy) is 1. The molecule has 0 bridgehead atoms. The predicted molar refractivity (Wildman–Crippen MR) is 199 cm³/mol. The SMILES string of the molecule is N#Cc1ccc(OC2CCC(NC(=O)c3ccc(N4CCC(CN5Cc6cc7c(cc6C5)C(=O)N(C5CCC(=O)NC5=O)C7=O)CC4)cc3)CC2)cc1C#N. The van der Waals surface area contributed by atoms with Crippen molar-refractivity contribution in [1.82, 2.24) is 20.4 Å². The van der Waals surface area contributed by atoms with Crippen LogP contribution in [0.2, 0.25) is 0 Å². The van der Waals surface area contributed by atoms with Crippen molar-refractivity contribution in [2.45, 2.75) is 82.6 Å². The highest BCUT2D eigenvalue weighted by Gasteiger charge is 2.45. The number of nitriles is 2. The van der Waals surface area contributed by atoms with Crippen LogP contribution in [-0.4, -0.2) is 77.2 Å². The first-order valence-corrected chi connectivity index (χ1v) is 19.0. The van der Waals surface area contributed by atoms with E-state index in [4.69, 9.17) is 10.00 Å². The molecule has 0 aromatic heterocycles. The van der Waals surface area contributed by atoms with Gasteiger partial charge in [0.15, 0.2) is 0 Å². The first kappa shape index (κ1) is 36.0. The molecule has 1 unspecified atom stereocenters. The van der Waals surface area contributed by atoms with E-state index in [9.17, 15) is 29.2 Å². The number of rotatable bonds is 8. The first-order chi connectivity index (χ1) is 26.7. The van der Waals surface area contributed by atoms with Crippen molar-refractivity contribution in [3.05, 3.63) is 93.5 Å². The van der Waals surface area contributed by atoms with E-state index in [2.05, 4.69) is 20.4 Å². The molecule has 55 heavy (non-hydrogen) atoms. The standard InChI is InChI=1S/C42H41N7O6/c43-20-27-3-8-34(17-28(27)21-44)55-33-9-4-31(5-10-33)45-39(51)26-1-6-32(7-2-26)48-15-13-25(14-16-48)22-47-23-29-18-35-36(19-30(29)24-47)42(54)49(41(35)53)37-11-12-38(50)46-40(37)52/h1-3,6-8,17-19,25,31,33,37H,4-5,9-16,22-24H2,(H,45,51)(H,46,50,52). The number of anilines is 1. The Kier molecular flexibility index (Phi) is 9.80. The van der Waals surface area contributed by atoms with Crippen LogP contribution in [0, 0.1) is 28.6 Å². The van der Waals surface area contributed by atoms with E-state index in [1.54, 1.807) is 18.2 Å². The summed E-state index contributed by atoms with van der Waals surface area (Å²) in [5.74, 6) is -0.936. The topological polar surface area (TPSA) is 176 Å². The zero-order valence-electron chi connectivity index (χ0n) is 30.4. The van der Waals surface area contributed by atoms with E-state index in [0.717, 1.165) is 79.9 Å². The zero-order valence-corrected chi connectivity index (χ0v) is 30.4. The number of nitrogens with one attached hydrogen (secondary N) is 2. The largest absolute Gasteiger partial charge is 0.490 e. The van der Waals surface area contributed by atoms with E-state index < -0.39 is 29.7 Å². The molecule has 3 aromatic rings. The quantitative estimate of drug-likeness (QED) is 0.319. The predicted octanol–water partition coefficient (Wildman–Crippen LogP) is 4.18. The molecule has 2 saturated heterocycles. The molecule has 3 aromatic carbocycles. The average molecular weight is 740 g/mol. The van der Waals surface area contributed by atoms with Gasteiger partial charge in [-0.1, -0.05) is 0 Å². The number of carbonyl (C=O) groups excluding carboxylic acids is 5. The first-order valence-electron chi connectivity index (χ1n) is 19.0. The van der Waals surface area contributed by atoms with Gasteiger partial charge in [-0.05, 0) is 117 Å². The van der Waals surface area contributed by atoms with E-state index >= 15 is 0 Å². The number of amides is 5. The van der Waals surface area contributed by atoms with Gasteiger partial charge in [-0.3, -0.25) is 39.1 Å². The van der Waals surface area contributed by atoms with Crippen LogP contribution in [0.15, 0.2) is 54.6 Å². The number of carbonyl (C=O) groups is 5. The van der Waals surface area contributed by atoms with Crippen LogP contribution in [0.5, 0.6) is 5.75 Å². The fourth-order valence-corrected chi connectivity index (χ4v) is 8.70. The lowest BCUT2D eigenvalue weighted by atomic mass is 9.92. The average Bonchev–Trinajstić information content (AvgIpc) is 3.70. The van der Waals surface area contributed by atoms with Crippen molar-refractivity contribution in [2.75, 3.05) is 24.5 Å². The van der Waals surface area contributed by atoms with Gasteiger partial charge in [-0.15, -0.1) is 0 Å². The van der Waals surface area contributed by atoms with E-state index in [0.29, 0.717) is 52.6 Å². The summed E-state index contributed by atoms with van der Waals surface area (Å²) in [6.45, 7) is 4.14. The van der Waals surface area contributed by atoms with Gasteiger partial charge >= 0.3 is 0 Å². The molecule has 8 rings (SSSR count). The van der Waals surface area contributed by atoms with Crippen LogP contribution in [0.3, 0.4) is 0 Å². The highest BCUT2D eigenvalue weighted by molar-refractivity contribution is 6.23. The fourth-order valence-electron chi connectivity index (χ4n) is 8.70. The lowest BCUT2D eigenvalue weighted by molar-refractivity contribution is -0.136. The number of benzene rings is 3. The Bertz CT molecular complexity index is 2110. The summed E-state index contributed by atoms with van der Waals surface area (Å²) in [4.78, 5) is 69.5. The third-order valence-corrected chi connectivity index (χ3v) is 11.7. The molecule has 13 nitrogen and oxygen atoms in total. The van der Waals surface area contributed by atoms with Crippen LogP contribution >= 0.6 is 0 Å². The van der Waals surface area contributed by atoms with Crippen LogP contribution in [0.25, 0.3) is 0 Å². The molecule has 5 aliphatic rings. The highest BCUT2D eigenvalue weighted by Crippen LogP contribution is 2.35. The minimum absolute atomic E-state index is 0.0101. The van der Waals surface area contributed by atoms with Gasteiger partial charge in [0.1, 0.15) is 23.9 Å². The fraction of sp³-hybridized carbons (Fsp3) is 0.405. The maximum atomic E-state index is 13.3. The highest BCUT2D eigenvalue weighted by atomic mass is 16.5.